The van der Waals surface area contributed by atoms with Gasteiger partial charge >= 0.3 is 5.97 Å². The highest BCUT2D eigenvalue weighted by molar-refractivity contribution is 5.85. The van der Waals surface area contributed by atoms with Crippen molar-refractivity contribution in [2.75, 3.05) is 26.8 Å². The van der Waals surface area contributed by atoms with Gasteiger partial charge in [-0.25, -0.2) is 0 Å². The van der Waals surface area contributed by atoms with E-state index in [0.29, 0.717) is 13.0 Å². The summed E-state index contributed by atoms with van der Waals surface area (Å²) in [6.45, 7) is 2.67. The van der Waals surface area contributed by atoms with Crippen molar-refractivity contribution in [2.24, 2.45) is 5.41 Å². The van der Waals surface area contributed by atoms with Crippen molar-refractivity contribution >= 4 is 11.9 Å². The van der Waals surface area contributed by atoms with Crippen LogP contribution < -0.4 is 0 Å². The molecule has 5 nitrogen and oxygen atoms in total. The van der Waals surface area contributed by atoms with Crippen molar-refractivity contribution in [3.05, 3.63) is 35.9 Å². The molecule has 1 aliphatic rings. The molecule has 1 aliphatic heterocycles. The average Bonchev–Trinajstić information content (AvgIpc) is 2.93. The zero-order valence-corrected chi connectivity index (χ0v) is 12.4. The maximum atomic E-state index is 12.6. The van der Waals surface area contributed by atoms with E-state index in [4.69, 9.17) is 4.74 Å². The molecule has 1 fully saturated rings. The van der Waals surface area contributed by atoms with E-state index in [-0.39, 0.29) is 25.0 Å². The summed E-state index contributed by atoms with van der Waals surface area (Å²) in [5.41, 5.74) is -0.0251. The average molecular weight is 291 g/mol. The summed E-state index contributed by atoms with van der Waals surface area (Å²) in [6.07, 6.45) is 0.434. The Labute approximate surface area is 124 Å². The number of amides is 1. The highest BCUT2D eigenvalue weighted by atomic mass is 16.5. The number of ether oxygens (including phenoxy) is 1. The summed E-state index contributed by atoms with van der Waals surface area (Å²) in [5.74, 6) is -1.19. The highest BCUT2D eigenvalue weighted by Crippen LogP contribution is 2.33. The molecule has 1 saturated heterocycles. The largest absolute Gasteiger partial charge is 0.481 e. The predicted molar refractivity (Wildman–Crippen MR) is 78.0 cm³/mol. The maximum Gasteiger partial charge on any atom is 0.313 e. The summed E-state index contributed by atoms with van der Waals surface area (Å²) < 4.78 is 5.04. The summed E-state index contributed by atoms with van der Waals surface area (Å²) in [4.78, 5) is 25.7. The molecule has 5 heteroatoms. The Balaban J connectivity index is 2.10. The molecular formula is C16H21NO4. The van der Waals surface area contributed by atoms with Gasteiger partial charge in [0, 0.05) is 20.2 Å². The molecule has 1 aromatic carbocycles. The molecule has 0 aliphatic carbocycles. The van der Waals surface area contributed by atoms with Gasteiger partial charge in [-0.15, -0.1) is 0 Å². The molecule has 2 rings (SSSR count). The predicted octanol–water partition coefficient (Wildman–Crippen LogP) is 1.74. The van der Waals surface area contributed by atoms with E-state index in [0.717, 1.165) is 5.56 Å². The smallest absolute Gasteiger partial charge is 0.313 e. The van der Waals surface area contributed by atoms with Crippen LogP contribution >= 0.6 is 0 Å². The molecule has 114 valence electrons. The fourth-order valence-corrected chi connectivity index (χ4v) is 2.85. The van der Waals surface area contributed by atoms with Crippen LogP contribution in [0.5, 0.6) is 0 Å². The van der Waals surface area contributed by atoms with Crippen LogP contribution in [-0.2, 0) is 14.3 Å². The third-order valence-corrected chi connectivity index (χ3v) is 4.21. The Morgan fingerprint density at radius 2 is 2.05 bits per heavy atom. The van der Waals surface area contributed by atoms with E-state index in [9.17, 15) is 14.7 Å². The van der Waals surface area contributed by atoms with Crippen LogP contribution in [0.15, 0.2) is 30.3 Å². The van der Waals surface area contributed by atoms with Gasteiger partial charge in [0.05, 0.1) is 12.5 Å². The number of methoxy groups -OCH3 is 1. The first-order valence-corrected chi connectivity index (χ1v) is 7.06. The van der Waals surface area contributed by atoms with Crippen molar-refractivity contribution in [2.45, 2.75) is 19.3 Å². The van der Waals surface area contributed by atoms with E-state index in [1.54, 1.807) is 4.90 Å². The fourth-order valence-electron chi connectivity index (χ4n) is 2.85. The first-order chi connectivity index (χ1) is 10.00. The zero-order valence-electron chi connectivity index (χ0n) is 12.4. The van der Waals surface area contributed by atoms with Crippen molar-refractivity contribution in [3.8, 4) is 0 Å². The molecule has 0 spiro atoms. The van der Waals surface area contributed by atoms with Gasteiger partial charge in [0.2, 0.25) is 5.91 Å². The number of benzene rings is 1. The zero-order chi connectivity index (χ0) is 15.5. The highest BCUT2D eigenvalue weighted by Gasteiger charge is 2.46. The molecule has 21 heavy (non-hydrogen) atoms. The lowest BCUT2D eigenvalue weighted by Crippen LogP contribution is -2.41. The number of rotatable bonds is 5. The summed E-state index contributed by atoms with van der Waals surface area (Å²) in [7, 11) is 1.49. The SMILES string of the molecule is COCC1(C(=O)O)CCN(C(=O)C(C)c2ccccc2)C1. The molecule has 0 saturated carbocycles. The maximum absolute atomic E-state index is 12.6. The van der Waals surface area contributed by atoms with E-state index in [2.05, 4.69) is 0 Å². The molecule has 0 radical (unpaired) electrons. The van der Waals surface area contributed by atoms with Gasteiger partial charge < -0.3 is 14.7 Å². The van der Waals surface area contributed by atoms with Crippen molar-refractivity contribution in [1.82, 2.24) is 4.90 Å². The number of carbonyl (C=O) groups is 2. The number of hydrogen-bond donors (Lipinski definition) is 1. The van der Waals surface area contributed by atoms with E-state index in [1.165, 1.54) is 7.11 Å². The van der Waals surface area contributed by atoms with E-state index >= 15 is 0 Å². The molecule has 2 unspecified atom stereocenters. The van der Waals surface area contributed by atoms with Gasteiger partial charge in [-0.1, -0.05) is 30.3 Å². The Morgan fingerprint density at radius 1 is 1.38 bits per heavy atom. The van der Waals surface area contributed by atoms with Crippen LogP contribution in [0.3, 0.4) is 0 Å². The topological polar surface area (TPSA) is 66.8 Å². The van der Waals surface area contributed by atoms with Gasteiger partial charge in [-0.2, -0.15) is 0 Å². The Hall–Kier alpha value is -1.88. The quantitative estimate of drug-likeness (QED) is 0.897. The van der Waals surface area contributed by atoms with Gasteiger partial charge in [0.25, 0.3) is 0 Å². The number of hydrogen-bond acceptors (Lipinski definition) is 3. The molecule has 1 heterocycles. The molecule has 1 N–H and O–H groups in total. The molecule has 0 bridgehead atoms. The molecule has 1 aromatic rings. The van der Waals surface area contributed by atoms with Crippen LogP contribution in [0, 0.1) is 5.41 Å². The van der Waals surface area contributed by atoms with Gasteiger partial charge in [-0.05, 0) is 18.9 Å². The second-order valence-electron chi connectivity index (χ2n) is 5.66. The number of carboxylic acids is 1. The monoisotopic (exact) mass is 291 g/mol. The van der Waals surface area contributed by atoms with Crippen molar-refractivity contribution in [1.29, 1.82) is 0 Å². The third kappa shape index (κ3) is 3.08. The lowest BCUT2D eigenvalue weighted by molar-refractivity contribution is -0.151. The van der Waals surface area contributed by atoms with Gasteiger partial charge in [-0.3, -0.25) is 9.59 Å². The number of nitrogens with zero attached hydrogens (tertiary/aromatic N) is 1. The minimum atomic E-state index is -0.971. The Bertz CT molecular complexity index is 516. The molecule has 0 aromatic heterocycles. The van der Waals surface area contributed by atoms with Crippen LogP contribution in [-0.4, -0.2) is 48.7 Å². The number of carboxylic acid groups (broad SMARTS) is 1. The second kappa shape index (κ2) is 6.26. The molecule has 2 atom stereocenters. The van der Waals surface area contributed by atoms with Crippen molar-refractivity contribution < 1.29 is 19.4 Å². The minimum Gasteiger partial charge on any atom is -0.481 e. The van der Waals surface area contributed by atoms with Crippen molar-refractivity contribution in [3.63, 3.8) is 0 Å². The first-order valence-electron chi connectivity index (χ1n) is 7.06. The van der Waals surface area contributed by atoms with Crippen LogP contribution in [0.2, 0.25) is 0 Å². The van der Waals surface area contributed by atoms with Gasteiger partial charge in [0.15, 0.2) is 0 Å². The normalized spacial score (nSPS) is 23.0. The number of carbonyl (C=O) groups excluding carboxylic acids is 1. The van der Waals surface area contributed by atoms with Crippen LogP contribution in [0.4, 0.5) is 0 Å². The Kier molecular flexibility index (Phi) is 4.63. The Morgan fingerprint density at radius 3 is 2.62 bits per heavy atom. The standard InChI is InChI=1S/C16H21NO4/c1-12(13-6-4-3-5-7-13)14(18)17-9-8-16(10-17,11-21-2)15(19)20/h3-7,12H,8-11H2,1-2H3,(H,19,20). The summed E-state index contributed by atoms with van der Waals surface area (Å²) in [6, 6.07) is 9.53. The van der Waals surface area contributed by atoms with Crippen LogP contribution in [0.25, 0.3) is 0 Å². The van der Waals surface area contributed by atoms with Gasteiger partial charge in [0.1, 0.15) is 5.41 Å². The van der Waals surface area contributed by atoms with Crippen LogP contribution in [0.1, 0.15) is 24.8 Å². The number of likely N-dealkylation sites (tertiary alicyclic amines) is 1. The van der Waals surface area contributed by atoms with E-state index in [1.807, 2.05) is 37.3 Å². The minimum absolute atomic E-state index is 0.0274. The molecule has 1 amide bonds. The second-order valence-corrected chi connectivity index (χ2v) is 5.66. The fraction of sp³-hybridized carbons (Fsp3) is 0.500. The lowest BCUT2D eigenvalue weighted by atomic mass is 9.88. The molecular weight excluding hydrogens is 270 g/mol. The lowest BCUT2D eigenvalue weighted by Gasteiger charge is -2.25. The summed E-state index contributed by atoms with van der Waals surface area (Å²) in [5, 5.41) is 9.43. The van der Waals surface area contributed by atoms with E-state index < -0.39 is 11.4 Å². The third-order valence-electron chi connectivity index (χ3n) is 4.21. The number of aliphatic carboxylic acids is 1. The first kappa shape index (κ1) is 15.5. The summed E-state index contributed by atoms with van der Waals surface area (Å²) >= 11 is 0.